The van der Waals surface area contributed by atoms with Crippen molar-refractivity contribution in [1.29, 1.82) is 0 Å². The first-order valence-electron chi connectivity index (χ1n) is 9.06. The average Bonchev–Trinajstić information content (AvgIpc) is 2.56. The minimum Gasteiger partial charge on any atom is -0.381 e. The van der Waals surface area contributed by atoms with Crippen LogP contribution in [0.3, 0.4) is 0 Å². The van der Waals surface area contributed by atoms with Gasteiger partial charge in [-0.05, 0) is 45.1 Å². The number of Topliss-reactive ketones (excluding diaryl/α,β-unsaturated/α-hetero) is 1. The van der Waals surface area contributed by atoms with Crippen molar-refractivity contribution in [2.24, 2.45) is 16.8 Å². The van der Waals surface area contributed by atoms with Crippen molar-refractivity contribution in [3.8, 4) is 0 Å². The normalized spacial score (nSPS) is 15.1. The molecule has 0 amide bonds. The van der Waals surface area contributed by atoms with Crippen LogP contribution >= 0.6 is 0 Å². The van der Waals surface area contributed by atoms with Gasteiger partial charge in [-0.25, -0.2) is 0 Å². The number of allylic oxidation sites excluding steroid dienone is 2. The minimum atomic E-state index is 0.304. The van der Waals surface area contributed by atoms with Crippen molar-refractivity contribution < 1.29 is 9.53 Å². The fourth-order valence-electron chi connectivity index (χ4n) is 2.79. The Bertz CT molecular complexity index is 371. The third kappa shape index (κ3) is 10.4. The van der Waals surface area contributed by atoms with Gasteiger partial charge in [0, 0.05) is 38.3 Å². The second kappa shape index (κ2) is 14.6. The van der Waals surface area contributed by atoms with Crippen LogP contribution in [0.4, 0.5) is 0 Å². The maximum absolute atomic E-state index is 11.1. The molecule has 3 heteroatoms. The third-order valence-corrected chi connectivity index (χ3v) is 3.87. The first kappa shape index (κ1) is 24.3. The summed E-state index contributed by atoms with van der Waals surface area (Å²) in [5.41, 5.74) is 3.94. The maximum atomic E-state index is 11.1. The van der Waals surface area contributed by atoms with Crippen LogP contribution in [0.1, 0.15) is 74.7 Å². The molecule has 0 aromatic heterocycles. The zero-order valence-electron chi connectivity index (χ0n) is 17.0. The van der Waals surface area contributed by atoms with E-state index in [1.165, 1.54) is 16.9 Å². The van der Waals surface area contributed by atoms with E-state index in [2.05, 4.69) is 39.6 Å². The number of carbonyl (C=O) groups excluding carboxylic acids is 1. The lowest BCUT2D eigenvalue weighted by atomic mass is 9.94. The molecule has 23 heavy (non-hydrogen) atoms. The lowest BCUT2D eigenvalue weighted by Crippen LogP contribution is -2.22. The van der Waals surface area contributed by atoms with Gasteiger partial charge in [-0.15, -0.1) is 0 Å². The van der Waals surface area contributed by atoms with E-state index in [4.69, 9.17) is 4.74 Å². The van der Waals surface area contributed by atoms with Crippen molar-refractivity contribution in [3.05, 3.63) is 11.1 Å². The summed E-state index contributed by atoms with van der Waals surface area (Å²) in [4.78, 5) is 15.3. The molecule has 3 nitrogen and oxygen atoms in total. The summed E-state index contributed by atoms with van der Waals surface area (Å²) in [5, 5.41) is 0. The van der Waals surface area contributed by atoms with Crippen LogP contribution in [0.15, 0.2) is 16.1 Å². The molecule has 1 aliphatic heterocycles. The summed E-state index contributed by atoms with van der Waals surface area (Å²) >= 11 is 0. The highest BCUT2D eigenvalue weighted by atomic mass is 16.5. The largest absolute Gasteiger partial charge is 0.381 e. The van der Waals surface area contributed by atoms with Gasteiger partial charge in [-0.3, -0.25) is 9.79 Å². The molecule has 1 fully saturated rings. The molecule has 0 N–H and O–H groups in total. The molecule has 0 unspecified atom stereocenters. The van der Waals surface area contributed by atoms with E-state index < -0.39 is 0 Å². The van der Waals surface area contributed by atoms with Crippen LogP contribution < -0.4 is 0 Å². The lowest BCUT2D eigenvalue weighted by molar-refractivity contribution is -0.125. The quantitative estimate of drug-likeness (QED) is 0.641. The number of aliphatic imine (C=N–C) groups is 1. The van der Waals surface area contributed by atoms with E-state index in [-0.39, 0.29) is 0 Å². The summed E-state index contributed by atoms with van der Waals surface area (Å²) in [6.45, 7) is 18.2. The molecule has 1 rings (SSSR count). The number of ketones is 1. The smallest absolute Gasteiger partial charge is 0.135 e. The van der Waals surface area contributed by atoms with Crippen molar-refractivity contribution >= 4 is 11.5 Å². The van der Waals surface area contributed by atoms with E-state index in [1.807, 2.05) is 27.8 Å². The fourth-order valence-corrected chi connectivity index (χ4v) is 2.79. The number of hydrogen-bond acceptors (Lipinski definition) is 3. The second-order valence-electron chi connectivity index (χ2n) is 6.08. The molecule has 0 radical (unpaired) electrons. The molecule has 0 atom stereocenters. The van der Waals surface area contributed by atoms with Gasteiger partial charge in [0.25, 0.3) is 0 Å². The summed E-state index contributed by atoms with van der Waals surface area (Å²) in [6.07, 6.45) is 2.56. The molecule has 0 bridgehead atoms. The first-order valence-corrected chi connectivity index (χ1v) is 9.06. The number of hydrogen-bond donors (Lipinski definition) is 0. The molecule has 0 saturated carbocycles. The predicted molar refractivity (Wildman–Crippen MR) is 102 cm³/mol. The van der Waals surface area contributed by atoms with Crippen LogP contribution in [0.2, 0.25) is 0 Å². The maximum Gasteiger partial charge on any atom is 0.135 e. The number of carbonyl (C=O) groups is 1. The van der Waals surface area contributed by atoms with Crippen molar-refractivity contribution in [3.63, 3.8) is 0 Å². The van der Waals surface area contributed by atoms with Crippen molar-refractivity contribution in [2.45, 2.75) is 74.7 Å². The molecule has 0 aromatic rings. The summed E-state index contributed by atoms with van der Waals surface area (Å²) < 4.78 is 5.14. The number of nitrogens with zero attached hydrogens (tertiary/aromatic N) is 1. The zero-order chi connectivity index (χ0) is 18.4. The summed E-state index contributed by atoms with van der Waals surface area (Å²) in [6, 6.07) is 0. The van der Waals surface area contributed by atoms with Crippen LogP contribution in [-0.2, 0) is 9.53 Å². The summed E-state index contributed by atoms with van der Waals surface area (Å²) in [5.74, 6) is 1.30. The van der Waals surface area contributed by atoms with Gasteiger partial charge in [-0.1, -0.05) is 40.2 Å². The predicted octanol–water partition coefficient (Wildman–Crippen LogP) is 5.49. The van der Waals surface area contributed by atoms with Crippen molar-refractivity contribution in [1.82, 2.24) is 0 Å². The average molecular weight is 326 g/mol. The SMILES string of the molecule is CC.CCC(=O)C1CCOCC1.CN=C(C)C(=C(C)C)C(C)C. The molecule has 1 heterocycles. The Kier molecular flexibility index (Phi) is 15.4. The van der Waals surface area contributed by atoms with E-state index in [0.717, 1.165) is 26.1 Å². The van der Waals surface area contributed by atoms with Crippen LogP contribution in [0.5, 0.6) is 0 Å². The highest BCUT2D eigenvalue weighted by molar-refractivity contribution is 5.99. The Hall–Kier alpha value is -0.960. The highest BCUT2D eigenvalue weighted by Gasteiger charge is 2.19. The minimum absolute atomic E-state index is 0.304. The Balaban J connectivity index is 0. The molecule has 1 saturated heterocycles. The van der Waals surface area contributed by atoms with Crippen LogP contribution in [0, 0.1) is 11.8 Å². The Morgan fingerprint density at radius 1 is 1.13 bits per heavy atom. The van der Waals surface area contributed by atoms with Crippen LogP contribution in [-0.4, -0.2) is 31.8 Å². The zero-order valence-corrected chi connectivity index (χ0v) is 17.0. The standard InChI is InChI=1S/C10H19N.C8H14O2.C2H6/c1-7(2)10(8(3)4)9(5)11-6;1-2-8(9)7-3-5-10-6-4-7;1-2/h7H,1-6H3;7H,2-6H2,1H3;1-2H3. The van der Waals surface area contributed by atoms with Gasteiger partial charge in [0.05, 0.1) is 0 Å². The van der Waals surface area contributed by atoms with Gasteiger partial charge < -0.3 is 4.74 Å². The topological polar surface area (TPSA) is 38.7 Å². The van der Waals surface area contributed by atoms with E-state index >= 15 is 0 Å². The van der Waals surface area contributed by atoms with Gasteiger partial charge >= 0.3 is 0 Å². The number of rotatable bonds is 4. The summed E-state index contributed by atoms with van der Waals surface area (Å²) in [7, 11) is 1.85. The van der Waals surface area contributed by atoms with E-state index in [9.17, 15) is 4.79 Å². The monoisotopic (exact) mass is 325 g/mol. The Morgan fingerprint density at radius 2 is 1.61 bits per heavy atom. The first-order chi connectivity index (χ1) is 10.8. The molecule has 0 spiro atoms. The molecular formula is C20H39NO2. The van der Waals surface area contributed by atoms with Crippen LogP contribution in [0.25, 0.3) is 0 Å². The fraction of sp³-hybridized carbons (Fsp3) is 0.800. The number of ether oxygens (including phenoxy) is 1. The Labute approximate surface area is 144 Å². The molecule has 0 aliphatic carbocycles. The molecule has 136 valence electrons. The van der Waals surface area contributed by atoms with E-state index in [1.54, 1.807) is 0 Å². The van der Waals surface area contributed by atoms with Gasteiger partial charge in [0.2, 0.25) is 0 Å². The van der Waals surface area contributed by atoms with Gasteiger partial charge in [0.1, 0.15) is 5.78 Å². The van der Waals surface area contributed by atoms with E-state index in [0.29, 0.717) is 24.0 Å². The molecule has 0 aromatic carbocycles. The second-order valence-corrected chi connectivity index (χ2v) is 6.08. The highest BCUT2D eigenvalue weighted by Crippen LogP contribution is 2.17. The third-order valence-electron chi connectivity index (χ3n) is 3.87. The molecular weight excluding hydrogens is 286 g/mol. The van der Waals surface area contributed by atoms with Gasteiger partial charge in [0.15, 0.2) is 0 Å². The Morgan fingerprint density at radius 3 is 1.87 bits per heavy atom. The lowest BCUT2D eigenvalue weighted by Gasteiger charge is -2.19. The van der Waals surface area contributed by atoms with Crippen molar-refractivity contribution in [2.75, 3.05) is 20.3 Å². The molecule has 1 aliphatic rings. The van der Waals surface area contributed by atoms with Gasteiger partial charge in [-0.2, -0.15) is 0 Å².